The smallest absolute Gasteiger partial charge is 0.271 e. The molecule has 0 saturated heterocycles. The molecule has 0 aliphatic carbocycles. The summed E-state index contributed by atoms with van der Waals surface area (Å²) in [5.74, 6) is 0.326. The molecule has 0 aliphatic rings. The van der Waals surface area contributed by atoms with Gasteiger partial charge < -0.3 is 10.1 Å². The molecule has 1 amide bonds. The summed E-state index contributed by atoms with van der Waals surface area (Å²) in [7, 11) is 0. The molecule has 1 N–H and O–H groups in total. The molecule has 0 bridgehead atoms. The van der Waals surface area contributed by atoms with Crippen LogP contribution in [0.4, 0.5) is 11.4 Å². The first kappa shape index (κ1) is 17.9. The lowest BCUT2D eigenvalue weighted by molar-refractivity contribution is -0.384. The number of non-ortho nitro benzene ring substituents is 1. The van der Waals surface area contributed by atoms with Gasteiger partial charge in [-0.15, -0.1) is 0 Å². The van der Waals surface area contributed by atoms with Gasteiger partial charge in [-0.2, -0.15) is 0 Å². The van der Waals surface area contributed by atoms with Gasteiger partial charge in [-0.3, -0.25) is 14.9 Å². The van der Waals surface area contributed by atoms with Gasteiger partial charge in [0.05, 0.1) is 16.0 Å². The third kappa shape index (κ3) is 4.79. The molecule has 7 heteroatoms. The highest BCUT2D eigenvalue weighted by molar-refractivity contribution is 9.10. The molecule has 0 atom stereocenters. The Hall–Kier alpha value is -2.41. The zero-order valence-corrected chi connectivity index (χ0v) is 14.7. The van der Waals surface area contributed by atoms with E-state index in [-0.39, 0.29) is 11.6 Å². The van der Waals surface area contributed by atoms with E-state index >= 15 is 0 Å². The van der Waals surface area contributed by atoms with Gasteiger partial charge in [0.15, 0.2) is 0 Å². The van der Waals surface area contributed by atoms with E-state index in [1.165, 1.54) is 18.2 Å². The van der Waals surface area contributed by atoms with Crippen LogP contribution in [-0.2, 0) is 0 Å². The molecule has 0 unspecified atom stereocenters. The van der Waals surface area contributed by atoms with E-state index in [9.17, 15) is 14.9 Å². The second-order valence-electron chi connectivity index (χ2n) is 5.11. The summed E-state index contributed by atoms with van der Waals surface area (Å²) in [6.45, 7) is 2.70. The van der Waals surface area contributed by atoms with Gasteiger partial charge in [-0.05, 0) is 46.6 Å². The van der Waals surface area contributed by atoms with Gasteiger partial charge in [0.25, 0.3) is 11.6 Å². The number of nitrogens with zero attached hydrogens (tertiary/aromatic N) is 1. The summed E-state index contributed by atoms with van der Waals surface area (Å²) < 4.78 is 6.30. The fourth-order valence-electron chi connectivity index (χ4n) is 1.99. The molecular formula is C17H17BrN2O4. The summed E-state index contributed by atoms with van der Waals surface area (Å²) in [4.78, 5) is 22.5. The second-order valence-corrected chi connectivity index (χ2v) is 5.96. The zero-order chi connectivity index (χ0) is 17.5. The van der Waals surface area contributed by atoms with Crippen LogP contribution in [-0.4, -0.2) is 17.4 Å². The number of nitrogens with one attached hydrogen (secondary N) is 1. The summed E-state index contributed by atoms with van der Waals surface area (Å²) in [6, 6.07) is 10.8. The number of hydrogen-bond acceptors (Lipinski definition) is 4. The Morgan fingerprint density at radius 1 is 1.29 bits per heavy atom. The number of rotatable bonds is 7. The van der Waals surface area contributed by atoms with Crippen molar-refractivity contribution in [2.45, 2.75) is 19.8 Å². The van der Waals surface area contributed by atoms with E-state index in [1.54, 1.807) is 24.3 Å². The minimum atomic E-state index is -0.505. The van der Waals surface area contributed by atoms with Crippen LogP contribution in [0, 0.1) is 10.1 Å². The lowest BCUT2D eigenvalue weighted by atomic mass is 10.2. The largest absolute Gasteiger partial charge is 0.492 e. The second kappa shape index (κ2) is 8.44. The first-order chi connectivity index (χ1) is 11.5. The molecule has 6 nitrogen and oxygen atoms in total. The van der Waals surface area contributed by atoms with Gasteiger partial charge >= 0.3 is 0 Å². The standard InChI is InChI=1S/C17H17BrN2O4/c1-2-3-9-24-16-8-7-12(10-15(16)18)17(21)19-13-5-4-6-14(11-13)20(22)23/h4-8,10-11H,2-3,9H2,1H3,(H,19,21). The lowest BCUT2D eigenvalue weighted by Gasteiger charge is -2.10. The molecule has 0 heterocycles. The Kier molecular flexibility index (Phi) is 6.31. The number of benzene rings is 2. The third-order valence-corrected chi connectivity index (χ3v) is 3.88. The van der Waals surface area contributed by atoms with Crippen molar-refractivity contribution in [1.82, 2.24) is 0 Å². The Balaban J connectivity index is 2.08. The van der Waals surface area contributed by atoms with Gasteiger partial charge in [0, 0.05) is 23.4 Å². The first-order valence-electron chi connectivity index (χ1n) is 7.49. The molecule has 2 aromatic rings. The molecule has 0 aromatic heterocycles. The predicted octanol–water partition coefficient (Wildman–Crippen LogP) is 4.79. The van der Waals surface area contributed by atoms with Crippen LogP contribution < -0.4 is 10.1 Å². The van der Waals surface area contributed by atoms with Crippen molar-refractivity contribution in [3.8, 4) is 5.75 Å². The Bertz CT molecular complexity index is 749. The molecule has 0 aliphatic heterocycles. The van der Waals surface area contributed by atoms with Crippen molar-refractivity contribution in [2.75, 3.05) is 11.9 Å². The van der Waals surface area contributed by atoms with Gasteiger partial charge in [0.2, 0.25) is 0 Å². The minimum Gasteiger partial charge on any atom is -0.492 e. The van der Waals surface area contributed by atoms with Crippen LogP contribution in [0.15, 0.2) is 46.9 Å². The maximum absolute atomic E-state index is 12.3. The van der Waals surface area contributed by atoms with Crippen molar-refractivity contribution in [1.29, 1.82) is 0 Å². The number of nitro groups is 1. The number of amides is 1. The highest BCUT2D eigenvalue weighted by atomic mass is 79.9. The maximum atomic E-state index is 12.3. The number of nitro benzene ring substituents is 1. The molecule has 0 saturated carbocycles. The number of anilines is 1. The van der Waals surface area contributed by atoms with E-state index in [2.05, 4.69) is 28.2 Å². The number of ether oxygens (including phenoxy) is 1. The summed E-state index contributed by atoms with van der Waals surface area (Å²) >= 11 is 3.39. The van der Waals surface area contributed by atoms with E-state index in [0.717, 1.165) is 12.8 Å². The molecule has 0 fully saturated rings. The van der Waals surface area contributed by atoms with Crippen LogP contribution in [0.1, 0.15) is 30.1 Å². The molecule has 2 rings (SSSR count). The predicted molar refractivity (Wildman–Crippen MR) is 95.6 cm³/mol. The number of carbonyl (C=O) groups excluding carboxylic acids is 1. The fourth-order valence-corrected chi connectivity index (χ4v) is 2.48. The van der Waals surface area contributed by atoms with E-state index < -0.39 is 4.92 Å². The lowest BCUT2D eigenvalue weighted by Crippen LogP contribution is -2.12. The Labute approximate surface area is 148 Å². The maximum Gasteiger partial charge on any atom is 0.271 e. The highest BCUT2D eigenvalue weighted by Crippen LogP contribution is 2.27. The fraction of sp³-hybridized carbons (Fsp3) is 0.235. The molecule has 0 spiro atoms. The highest BCUT2D eigenvalue weighted by Gasteiger charge is 2.12. The van der Waals surface area contributed by atoms with Gasteiger partial charge in [-0.1, -0.05) is 19.4 Å². The van der Waals surface area contributed by atoms with Crippen molar-refractivity contribution in [3.63, 3.8) is 0 Å². The monoisotopic (exact) mass is 392 g/mol. The third-order valence-electron chi connectivity index (χ3n) is 3.26. The molecule has 24 heavy (non-hydrogen) atoms. The van der Waals surface area contributed by atoms with Crippen molar-refractivity contribution < 1.29 is 14.5 Å². The van der Waals surface area contributed by atoms with E-state index in [4.69, 9.17) is 4.74 Å². The van der Waals surface area contributed by atoms with Crippen LogP contribution in [0.5, 0.6) is 5.75 Å². The normalized spacial score (nSPS) is 10.2. The van der Waals surface area contributed by atoms with Gasteiger partial charge in [-0.25, -0.2) is 0 Å². The number of hydrogen-bond donors (Lipinski definition) is 1. The Morgan fingerprint density at radius 3 is 2.75 bits per heavy atom. The molecular weight excluding hydrogens is 376 g/mol. The topological polar surface area (TPSA) is 81.5 Å². The van der Waals surface area contributed by atoms with Crippen LogP contribution >= 0.6 is 15.9 Å². The minimum absolute atomic E-state index is 0.0753. The quantitative estimate of drug-likeness (QED) is 0.417. The summed E-state index contributed by atoms with van der Waals surface area (Å²) in [5.41, 5.74) is 0.721. The average molecular weight is 393 g/mol. The molecule has 126 valence electrons. The van der Waals surface area contributed by atoms with E-state index in [1.807, 2.05) is 0 Å². The zero-order valence-electron chi connectivity index (χ0n) is 13.1. The van der Waals surface area contributed by atoms with Crippen LogP contribution in [0.2, 0.25) is 0 Å². The molecule has 0 radical (unpaired) electrons. The van der Waals surface area contributed by atoms with Crippen LogP contribution in [0.3, 0.4) is 0 Å². The Morgan fingerprint density at radius 2 is 2.08 bits per heavy atom. The van der Waals surface area contributed by atoms with E-state index in [0.29, 0.717) is 28.1 Å². The van der Waals surface area contributed by atoms with Crippen molar-refractivity contribution in [2.24, 2.45) is 0 Å². The number of unbranched alkanes of at least 4 members (excludes halogenated alkanes) is 1. The number of carbonyl (C=O) groups is 1. The SMILES string of the molecule is CCCCOc1ccc(C(=O)Nc2cccc([N+](=O)[O-])c2)cc1Br. The first-order valence-corrected chi connectivity index (χ1v) is 8.28. The summed E-state index contributed by atoms with van der Waals surface area (Å²) in [6.07, 6.45) is 2.00. The van der Waals surface area contributed by atoms with Crippen molar-refractivity contribution in [3.05, 3.63) is 62.6 Å². The average Bonchev–Trinajstić information content (AvgIpc) is 2.56. The van der Waals surface area contributed by atoms with Crippen LogP contribution in [0.25, 0.3) is 0 Å². The van der Waals surface area contributed by atoms with Crippen molar-refractivity contribution >= 4 is 33.2 Å². The molecule has 2 aromatic carbocycles. The summed E-state index contributed by atoms with van der Waals surface area (Å²) in [5, 5.41) is 13.4. The number of halogens is 1. The van der Waals surface area contributed by atoms with Gasteiger partial charge in [0.1, 0.15) is 5.75 Å².